The quantitative estimate of drug-likeness (QED) is 0.0751. The van der Waals surface area contributed by atoms with Crippen molar-refractivity contribution in [1.82, 2.24) is 0 Å². The molecule has 0 aromatic carbocycles. The highest BCUT2D eigenvalue weighted by Gasteiger charge is 2.38. The Hall–Kier alpha value is -1.59. The second-order valence-electron chi connectivity index (χ2n) is 8.78. The lowest BCUT2D eigenvalue weighted by Crippen LogP contribution is -2.36. The van der Waals surface area contributed by atoms with E-state index in [9.17, 15) is 14.4 Å². The summed E-state index contributed by atoms with van der Waals surface area (Å²) in [4.78, 5) is 37.1. The van der Waals surface area contributed by atoms with E-state index >= 15 is 0 Å². The molecule has 0 fully saturated rings. The van der Waals surface area contributed by atoms with E-state index in [4.69, 9.17) is 14.2 Å². The third-order valence-electron chi connectivity index (χ3n) is 5.97. The van der Waals surface area contributed by atoms with Gasteiger partial charge in [0, 0.05) is 6.42 Å². The third-order valence-corrected chi connectivity index (χ3v) is 5.97. The van der Waals surface area contributed by atoms with Crippen LogP contribution in [0, 0.1) is 11.8 Å². The molecule has 0 radical (unpaired) electrons. The van der Waals surface area contributed by atoms with E-state index in [0.717, 1.165) is 19.3 Å². The zero-order valence-electron chi connectivity index (χ0n) is 21.8. The first-order chi connectivity index (χ1) is 16.0. The second-order valence-corrected chi connectivity index (χ2v) is 8.78. The first-order valence-electron chi connectivity index (χ1n) is 13.5. The van der Waals surface area contributed by atoms with Gasteiger partial charge < -0.3 is 14.2 Å². The molecule has 0 heterocycles. The molecule has 0 N–H and O–H groups in total. The summed E-state index contributed by atoms with van der Waals surface area (Å²) in [6.07, 6.45) is 16.9. The smallest absolute Gasteiger partial charge is 0.320 e. The van der Waals surface area contributed by atoms with Crippen LogP contribution in [-0.2, 0) is 28.6 Å². The number of hydrogen-bond acceptors (Lipinski definition) is 6. The maximum atomic E-state index is 12.5. The average molecular weight is 471 g/mol. The standard InChI is InChI=1S/C27H50O6/c1-5-9-10-11-12-13-14-15-16-17-18-19-20-21-23(22-24(28)31-6-2)25(26(29)32-7-3)27(30)33-8-4/h23,25H,5-22H2,1-4H3. The predicted octanol–water partition coefficient (Wildman–Crippen LogP) is 6.78. The van der Waals surface area contributed by atoms with Gasteiger partial charge in [-0.15, -0.1) is 0 Å². The van der Waals surface area contributed by atoms with Gasteiger partial charge in [0.25, 0.3) is 0 Å². The molecule has 0 rings (SSSR count). The zero-order valence-corrected chi connectivity index (χ0v) is 21.8. The van der Waals surface area contributed by atoms with E-state index in [1.165, 1.54) is 64.2 Å². The van der Waals surface area contributed by atoms with E-state index in [-0.39, 0.29) is 26.2 Å². The van der Waals surface area contributed by atoms with Gasteiger partial charge in [-0.05, 0) is 33.1 Å². The fourth-order valence-electron chi connectivity index (χ4n) is 4.19. The van der Waals surface area contributed by atoms with Gasteiger partial charge in [0.2, 0.25) is 0 Å². The van der Waals surface area contributed by atoms with Crippen molar-refractivity contribution in [3.8, 4) is 0 Å². The Morgan fingerprint density at radius 2 is 0.939 bits per heavy atom. The molecule has 0 aliphatic rings. The van der Waals surface area contributed by atoms with Gasteiger partial charge in [0.15, 0.2) is 5.92 Å². The number of ether oxygens (including phenoxy) is 3. The number of carbonyl (C=O) groups is 3. The minimum absolute atomic E-state index is 0.0222. The summed E-state index contributed by atoms with van der Waals surface area (Å²) in [7, 11) is 0. The molecule has 0 saturated heterocycles. The predicted molar refractivity (Wildman–Crippen MR) is 132 cm³/mol. The van der Waals surface area contributed by atoms with Crippen LogP contribution in [0.4, 0.5) is 0 Å². The molecule has 33 heavy (non-hydrogen) atoms. The van der Waals surface area contributed by atoms with Crippen LogP contribution in [0.2, 0.25) is 0 Å². The van der Waals surface area contributed by atoms with Crippen LogP contribution in [0.5, 0.6) is 0 Å². The third kappa shape index (κ3) is 16.6. The van der Waals surface area contributed by atoms with Crippen molar-refractivity contribution in [2.75, 3.05) is 19.8 Å². The topological polar surface area (TPSA) is 78.9 Å². The Morgan fingerprint density at radius 3 is 1.33 bits per heavy atom. The SMILES string of the molecule is CCCCCCCCCCCCCCCC(CC(=O)OCC)C(C(=O)OCC)C(=O)OCC. The van der Waals surface area contributed by atoms with Crippen molar-refractivity contribution >= 4 is 17.9 Å². The molecular weight excluding hydrogens is 420 g/mol. The Kier molecular flexibility index (Phi) is 21.1. The van der Waals surface area contributed by atoms with Crippen LogP contribution in [0.3, 0.4) is 0 Å². The molecule has 6 nitrogen and oxygen atoms in total. The Labute approximate surface area is 202 Å². The van der Waals surface area contributed by atoms with Crippen LogP contribution in [0.15, 0.2) is 0 Å². The van der Waals surface area contributed by atoms with E-state index < -0.39 is 29.7 Å². The molecule has 194 valence electrons. The van der Waals surface area contributed by atoms with Crippen molar-refractivity contribution in [2.24, 2.45) is 11.8 Å². The Morgan fingerprint density at radius 1 is 0.545 bits per heavy atom. The highest BCUT2D eigenvalue weighted by Crippen LogP contribution is 2.27. The molecule has 0 aliphatic carbocycles. The fraction of sp³-hybridized carbons (Fsp3) is 0.889. The van der Waals surface area contributed by atoms with E-state index in [1.54, 1.807) is 20.8 Å². The van der Waals surface area contributed by atoms with Gasteiger partial charge in [0.05, 0.1) is 19.8 Å². The lowest BCUT2D eigenvalue weighted by Gasteiger charge is -2.23. The Bertz CT molecular complexity index is 487. The summed E-state index contributed by atoms with van der Waals surface area (Å²) in [5, 5.41) is 0. The summed E-state index contributed by atoms with van der Waals surface area (Å²) < 4.78 is 15.3. The van der Waals surface area contributed by atoms with Crippen molar-refractivity contribution in [3.63, 3.8) is 0 Å². The molecule has 0 aromatic heterocycles. The first-order valence-corrected chi connectivity index (χ1v) is 13.5. The van der Waals surface area contributed by atoms with Gasteiger partial charge in [-0.2, -0.15) is 0 Å². The minimum atomic E-state index is -1.08. The van der Waals surface area contributed by atoms with Crippen LogP contribution in [0.1, 0.15) is 124 Å². The van der Waals surface area contributed by atoms with E-state index in [2.05, 4.69) is 6.92 Å². The first kappa shape index (κ1) is 31.4. The maximum Gasteiger partial charge on any atom is 0.320 e. The van der Waals surface area contributed by atoms with Crippen LogP contribution >= 0.6 is 0 Å². The van der Waals surface area contributed by atoms with Crippen molar-refractivity contribution in [2.45, 2.75) is 124 Å². The number of rotatable bonds is 22. The molecule has 0 aromatic rings. The largest absolute Gasteiger partial charge is 0.466 e. The molecule has 1 atom stereocenters. The molecular formula is C27H50O6. The summed E-state index contributed by atoms with van der Waals surface area (Å²) >= 11 is 0. The highest BCUT2D eigenvalue weighted by atomic mass is 16.6. The number of esters is 3. The summed E-state index contributed by atoms with van der Waals surface area (Å²) in [5.41, 5.74) is 0. The van der Waals surface area contributed by atoms with Crippen LogP contribution in [-0.4, -0.2) is 37.7 Å². The van der Waals surface area contributed by atoms with Crippen molar-refractivity contribution < 1.29 is 28.6 Å². The zero-order chi connectivity index (χ0) is 24.7. The molecule has 0 amide bonds. The summed E-state index contributed by atoms with van der Waals surface area (Å²) in [5.74, 6) is -3.16. The van der Waals surface area contributed by atoms with Crippen LogP contribution < -0.4 is 0 Å². The molecule has 6 heteroatoms. The highest BCUT2D eigenvalue weighted by molar-refractivity contribution is 5.95. The van der Waals surface area contributed by atoms with Gasteiger partial charge >= 0.3 is 17.9 Å². The summed E-state index contributed by atoms with van der Waals surface area (Å²) in [6.45, 7) is 8.03. The average Bonchev–Trinajstić information content (AvgIpc) is 2.77. The Balaban J connectivity index is 4.43. The maximum absolute atomic E-state index is 12.5. The number of hydrogen-bond donors (Lipinski definition) is 0. The van der Waals surface area contributed by atoms with E-state index in [1.807, 2.05) is 0 Å². The minimum Gasteiger partial charge on any atom is -0.466 e. The van der Waals surface area contributed by atoms with Gasteiger partial charge in [-0.1, -0.05) is 90.4 Å². The number of unbranched alkanes of at least 4 members (excludes halogenated alkanes) is 12. The molecule has 0 spiro atoms. The second kappa shape index (κ2) is 22.2. The monoisotopic (exact) mass is 470 g/mol. The molecule has 0 saturated carbocycles. The van der Waals surface area contributed by atoms with E-state index in [0.29, 0.717) is 6.42 Å². The van der Waals surface area contributed by atoms with Crippen molar-refractivity contribution in [1.29, 1.82) is 0 Å². The lowest BCUT2D eigenvalue weighted by atomic mass is 9.84. The summed E-state index contributed by atoms with van der Waals surface area (Å²) in [6, 6.07) is 0. The van der Waals surface area contributed by atoms with Crippen LogP contribution in [0.25, 0.3) is 0 Å². The molecule has 0 aliphatic heterocycles. The fourth-order valence-corrected chi connectivity index (χ4v) is 4.19. The van der Waals surface area contributed by atoms with Gasteiger partial charge in [-0.25, -0.2) is 0 Å². The van der Waals surface area contributed by atoms with Gasteiger partial charge in [0.1, 0.15) is 0 Å². The normalized spacial score (nSPS) is 11.9. The molecule has 1 unspecified atom stereocenters. The number of carbonyl (C=O) groups excluding carboxylic acids is 3. The molecule has 0 bridgehead atoms. The van der Waals surface area contributed by atoms with Crippen molar-refractivity contribution in [3.05, 3.63) is 0 Å². The van der Waals surface area contributed by atoms with Gasteiger partial charge in [-0.3, -0.25) is 14.4 Å². The lowest BCUT2D eigenvalue weighted by molar-refractivity contribution is -0.165.